The molecule has 2 aliphatic heterocycles. The fourth-order valence-electron chi connectivity index (χ4n) is 3.88. The van der Waals surface area contributed by atoms with Crippen LogP contribution in [0.3, 0.4) is 0 Å². The van der Waals surface area contributed by atoms with Gasteiger partial charge in [-0.15, -0.1) is 12.4 Å². The normalized spacial score (nSPS) is 20.2. The van der Waals surface area contributed by atoms with Crippen LogP contribution in [0.25, 0.3) is 0 Å². The Bertz CT molecular complexity index is 539. The van der Waals surface area contributed by atoms with Gasteiger partial charge in [0.1, 0.15) is 0 Å². The lowest BCUT2D eigenvalue weighted by Crippen LogP contribution is -2.44. The highest BCUT2D eigenvalue weighted by Gasteiger charge is 2.38. The zero-order valence-electron chi connectivity index (χ0n) is 13.8. The third kappa shape index (κ3) is 2.88. The zero-order chi connectivity index (χ0) is 15.0. The van der Waals surface area contributed by atoms with Crippen molar-refractivity contribution in [2.75, 3.05) is 26.2 Å². The van der Waals surface area contributed by atoms with Gasteiger partial charge in [0.15, 0.2) is 0 Å². The molecular formula is C16H27ClN4O. The molecule has 2 aliphatic rings. The molecular weight excluding hydrogens is 300 g/mol. The second kappa shape index (κ2) is 6.59. The molecule has 5 nitrogen and oxygen atoms in total. The van der Waals surface area contributed by atoms with Crippen LogP contribution in [0.1, 0.15) is 47.9 Å². The number of aryl methyl sites for hydroxylation is 2. The van der Waals surface area contributed by atoms with Crippen LogP contribution >= 0.6 is 12.4 Å². The third-order valence-electron chi connectivity index (χ3n) is 5.34. The van der Waals surface area contributed by atoms with Gasteiger partial charge in [-0.2, -0.15) is 5.10 Å². The minimum atomic E-state index is 0. The zero-order valence-corrected chi connectivity index (χ0v) is 14.6. The highest BCUT2D eigenvalue weighted by Crippen LogP contribution is 2.37. The van der Waals surface area contributed by atoms with Crippen LogP contribution in [0.15, 0.2) is 0 Å². The summed E-state index contributed by atoms with van der Waals surface area (Å²) in [6.45, 7) is 10.9. The number of nitrogens with one attached hydrogen (secondary N) is 1. The number of likely N-dealkylation sites (tertiary alicyclic amines) is 1. The SMILES string of the molecule is CCn1nc(C)c(C(=O)N2CCC3(CCNC3)CC2)c1C.Cl. The van der Waals surface area contributed by atoms with E-state index < -0.39 is 0 Å². The lowest BCUT2D eigenvalue weighted by Gasteiger charge is -2.38. The topological polar surface area (TPSA) is 50.2 Å². The number of carbonyl (C=O) groups is 1. The maximum Gasteiger partial charge on any atom is 0.257 e. The number of rotatable bonds is 2. The van der Waals surface area contributed by atoms with Crippen molar-refractivity contribution in [2.24, 2.45) is 5.41 Å². The molecule has 0 radical (unpaired) electrons. The van der Waals surface area contributed by atoms with Crippen molar-refractivity contribution in [3.63, 3.8) is 0 Å². The van der Waals surface area contributed by atoms with Crippen molar-refractivity contribution in [1.29, 1.82) is 0 Å². The van der Waals surface area contributed by atoms with Crippen LogP contribution in [-0.2, 0) is 6.54 Å². The second-order valence-corrected chi connectivity index (χ2v) is 6.58. The van der Waals surface area contributed by atoms with Crippen LogP contribution < -0.4 is 5.32 Å². The molecule has 2 saturated heterocycles. The molecule has 1 spiro atoms. The molecule has 1 N–H and O–H groups in total. The maximum absolute atomic E-state index is 12.8. The summed E-state index contributed by atoms with van der Waals surface area (Å²) < 4.78 is 1.93. The molecule has 124 valence electrons. The molecule has 6 heteroatoms. The Morgan fingerprint density at radius 3 is 2.45 bits per heavy atom. The lowest BCUT2D eigenvalue weighted by atomic mass is 9.78. The summed E-state index contributed by atoms with van der Waals surface area (Å²) in [5.74, 6) is 0.172. The Morgan fingerprint density at radius 2 is 1.95 bits per heavy atom. The molecule has 0 aromatic carbocycles. The van der Waals surface area contributed by atoms with Crippen molar-refractivity contribution >= 4 is 18.3 Å². The predicted octanol–water partition coefficient (Wildman–Crippen LogP) is 2.16. The molecule has 1 amide bonds. The van der Waals surface area contributed by atoms with E-state index in [1.807, 2.05) is 23.4 Å². The molecule has 2 fully saturated rings. The Balaban J connectivity index is 0.00000176. The summed E-state index contributed by atoms with van der Waals surface area (Å²) in [5, 5.41) is 7.95. The molecule has 0 atom stereocenters. The highest BCUT2D eigenvalue weighted by molar-refractivity contribution is 5.96. The number of halogens is 1. The summed E-state index contributed by atoms with van der Waals surface area (Å²) in [7, 11) is 0. The van der Waals surface area contributed by atoms with Crippen LogP contribution in [-0.4, -0.2) is 46.8 Å². The van der Waals surface area contributed by atoms with Gasteiger partial charge in [0.05, 0.1) is 11.3 Å². The van der Waals surface area contributed by atoms with Crippen LogP contribution in [0.5, 0.6) is 0 Å². The fraction of sp³-hybridized carbons (Fsp3) is 0.750. The van der Waals surface area contributed by atoms with Gasteiger partial charge in [0, 0.05) is 31.9 Å². The summed E-state index contributed by atoms with van der Waals surface area (Å²) in [4.78, 5) is 14.9. The largest absolute Gasteiger partial charge is 0.338 e. The first-order chi connectivity index (χ1) is 10.1. The fourth-order valence-corrected chi connectivity index (χ4v) is 3.88. The average Bonchev–Trinajstić information content (AvgIpc) is 3.04. The molecule has 0 saturated carbocycles. The van der Waals surface area contributed by atoms with Gasteiger partial charge in [-0.05, 0) is 52.0 Å². The standard InChI is InChI=1S/C16H26N4O.ClH/c1-4-20-13(3)14(12(2)18-20)15(21)19-9-6-16(7-10-19)5-8-17-11-16;/h17H,4-11H2,1-3H3;1H. The van der Waals surface area contributed by atoms with Crippen molar-refractivity contribution < 1.29 is 4.79 Å². The number of hydrogen-bond acceptors (Lipinski definition) is 3. The van der Waals surface area contributed by atoms with Crippen molar-refractivity contribution in [3.05, 3.63) is 17.0 Å². The van der Waals surface area contributed by atoms with E-state index in [-0.39, 0.29) is 18.3 Å². The first-order valence-electron chi connectivity index (χ1n) is 8.10. The summed E-state index contributed by atoms with van der Waals surface area (Å²) >= 11 is 0. The smallest absolute Gasteiger partial charge is 0.257 e. The quantitative estimate of drug-likeness (QED) is 0.906. The van der Waals surface area contributed by atoms with Crippen molar-refractivity contribution in [2.45, 2.75) is 46.6 Å². The molecule has 0 aliphatic carbocycles. The number of aromatic nitrogens is 2. The number of hydrogen-bond donors (Lipinski definition) is 1. The van der Waals surface area contributed by atoms with E-state index in [1.165, 1.54) is 6.42 Å². The Labute approximate surface area is 138 Å². The van der Waals surface area contributed by atoms with E-state index in [0.717, 1.165) is 62.5 Å². The van der Waals surface area contributed by atoms with Crippen molar-refractivity contribution in [3.8, 4) is 0 Å². The lowest BCUT2D eigenvalue weighted by molar-refractivity contribution is 0.0606. The second-order valence-electron chi connectivity index (χ2n) is 6.58. The maximum atomic E-state index is 12.8. The number of carbonyl (C=O) groups excluding carboxylic acids is 1. The molecule has 0 bridgehead atoms. The van der Waals surface area contributed by atoms with E-state index in [1.54, 1.807) is 0 Å². The Morgan fingerprint density at radius 1 is 1.27 bits per heavy atom. The van der Waals surface area contributed by atoms with Crippen LogP contribution in [0.4, 0.5) is 0 Å². The average molecular weight is 327 g/mol. The van der Waals surface area contributed by atoms with Gasteiger partial charge in [-0.3, -0.25) is 9.48 Å². The van der Waals surface area contributed by atoms with E-state index >= 15 is 0 Å². The van der Waals surface area contributed by atoms with Crippen LogP contribution in [0, 0.1) is 19.3 Å². The minimum absolute atomic E-state index is 0. The molecule has 3 rings (SSSR count). The molecule has 22 heavy (non-hydrogen) atoms. The summed E-state index contributed by atoms with van der Waals surface area (Å²) in [6.07, 6.45) is 3.53. The van der Waals surface area contributed by atoms with Crippen LogP contribution in [0.2, 0.25) is 0 Å². The summed E-state index contributed by atoms with van der Waals surface area (Å²) in [6, 6.07) is 0. The molecule has 1 aromatic rings. The minimum Gasteiger partial charge on any atom is -0.338 e. The Hall–Kier alpha value is -1.07. The van der Waals surface area contributed by atoms with E-state index in [0.29, 0.717) is 5.41 Å². The third-order valence-corrected chi connectivity index (χ3v) is 5.34. The summed E-state index contributed by atoms with van der Waals surface area (Å²) in [5.41, 5.74) is 3.14. The van der Waals surface area contributed by atoms with Gasteiger partial charge in [-0.1, -0.05) is 0 Å². The highest BCUT2D eigenvalue weighted by atomic mass is 35.5. The van der Waals surface area contributed by atoms with Crippen molar-refractivity contribution in [1.82, 2.24) is 20.0 Å². The van der Waals surface area contributed by atoms with E-state index in [4.69, 9.17) is 0 Å². The van der Waals surface area contributed by atoms with Gasteiger partial charge in [-0.25, -0.2) is 0 Å². The van der Waals surface area contributed by atoms with Gasteiger partial charge in [0.25, 0.3) is 5.91 Å². The number of amides is 1. The predicted molar refractivity (Wildman–Crippen MR) is 89.7 cm³/mol. The van der Waals surface area contributed by atoms with Gasteiger partial charge in [0.2, 0.25) is 0 Å². The van der Waals surface area contributed by atoms with E-state index in [2.05, 4.69) is 17.3 Å². The first kappa shape index (κ1) is 17.3. The molecule has 3 heterocycles. The first-order valence-corrected chi connectivity index (χ1v) is 8.10. The van der Waals surface area contributed by atoms with Gasteiger partial charge >= 0.3 is 0 Å². The molecule has 0 unspecified atom stereocenters. The van der Waals surface area contributed by atoms with Gasteiger partial charge < -0.3 is 10.2 Å². The molecule has 1 aromatic heterocycles. The monoisotopic (exact) mass is 326 g/mol. The Kier molecular flexibility index (Phi) is 5.17. The number of nitrogens with zero attached hydrogens (tertiary/aromatic N) is 3. The number of piperidine rings is 1. The van der Waals surface area contributed by atoms with E-state index in [9.17, 15) is 4.79 Å².